The van der Waals surface area contributed by atoms with E-state index in [2.05, 4.69) is 0 Å². The van der Waals surface area contributed by atoms with E-state index in [4.69, 9.17) is 0 Å². The van der Waals surface area contributed by atoms with Crippen molar-refractivity contribution < 1.29 is 14.0 Å². The Morgan fingerprint density at radius 3 is 2.50 bits per heavy atom. The number of rotatable bonds is 2. The third-order valence-corrected chi connectivity index (χ3v) is 4.55. The highest BCUT2D eigenvalue weighted by molar-refractivity contribution is 5.94. The van der Waals surface area contributed by atoms with Crippen molar-refractivity contribution in [1.29, 1.82) is 0 Å². The largest absolute Gasteiger partial charge is 0.342 e. The highest BCUT2D eigenvalue weighted by Crippen LogP contribution is 2.22. The summed E-state index contributed by atoms with van der Waals surface area (Å²) in [6.45, 7) is 2.77. The van der Waals surface area contributed by atoms with Crippen LogP contribution in [0.1, 0.15) is 36.0 Å². The number of nitrogens with zero attached hydrogens (tertiary/aromatic N) is 2. The second-order valence-corrected chi connectivity index (χ2v) is 6.13. The number of carbonyl (C=O) groups excluding carboxylic acids is 2. The summed E-state index contributed by atoms with van der Waals surface area (Å²) in [5, 5.41) is 0. The summed E-state index contributed by atoms with van der Waals surface area (Å²) in [6.07, 6.45) is 3.81. The van der Waals surface area contributed by atoms with Gasteiger partial charge in [0.05, 0.1) is 5.92 Å². The molecule has 118 valence electrons. The molecular weight excluding hydrogens is 283 g/mol. The smallest absolute Gasteiger partial charge is 0.253 e. The van der Waals surface area contributed by atoms with Gasteiger partial charge in [0.2, 0.25) is 5.91 Å². The Bertz CT molecular complexity index is 570. The van der Waals surface area contributed by atoms with Gasteiger partial charge in [-0.3, -0.25) is 9.59 Å². The van der Waals surface area contributed by atoms with E-state index in [1.807, 2.05) is 4.90 Å². The molecule has 0 N–H and O–H groups in total. The van der Waals surface area contributed by atoms with Crippen LogP contribution < -0.4 is 0 Å². The van der Waals surface area contributed by atoms with Crippen LogP contribution in [0.15, 0.2) is 24.3 Å². The summed E-state index contributed by atoms with van der Waals surface area (Å²) >= 11 is 0. The van der Waals surface area contributed by atoms with Gasteiger partial charge in [-0.15, -0.1) is 0 Å². The van der Waals surface area contributed by atoms with E-state index >= 15 is 0 Å². The topological polar surface area (TPSA) is 40.6 Å². The Labute approximate surface area is 129 Å². The lowest BCUT2D eigenvalue weighted by Crippen LogP contribution is -2.46. The molecule has 2 fully saturated rings. The molecule has 0 bridgehead atoms. The highest BCUT2D eigenvalue weighted by atomic mass is 19.1. The molecule has 1 aromatic carbocycles. The van der Waals surface area contributed by atoms with Gasteiger partial charge < -0.3 is 9.80 Å². The van der Waals surface area contributed by atoms with Crippen LogP contribution >= 0.6 is 0 Å². The summed E-state index contributed by atoms with van der Waals surface area (Å²) in [5.41, 5.74) is 0.356. The summed E-state index contributed by atoms with van der Waals surface area (Å²) in [4.78, 5) is 28.6. The van der Waals surface area contributed by atoms with E-state index in [0.717, 1.165) is 38.8 Å². The lowest BCUT2D eigenvalue weighted by Gasteiger charge is -2.34. The number of benzene rings is 1. The van der Waals surface area contributed by atoms with E-state index < -0.39 is 5.82 Å². The van der Waals surface area contributed by atoms with E-state index in [1.54, 1.807) is 17.0 Å². The third-order valence-electron chi connectivity index (χ3n) is 4.55. The molecule has 0 radical (unpaired) electrons. The Hall–Kier alpha value is -1.91. The number of piperidine rings is 1. The van der Waals surface area contributed by atoms with E-state index in [-0.39, 0.29) is 17.7 Å². The average Bonchev–Trinajstić information content (AvgIpc) is 3.08. The second kappa shape index (κ2) is 6.46. The zero-order valence-electron chi connectivity index (χ0n) is 12.6. The molecule has 2 amide bonds. The van der Waals surface area contributed by atoms with Gasteiger partial charge in [-0.05, 0) is 43.9 Å². The van der Waals surface area contributed by atoms with Gasteiger partial charge in [0.1, 0.15) is 5.82 Å². The lowest BCUT2D eigenvalue weighted by molar-refractivity contribution is -0.135. The van der Waals surface area contributed by atoms with Gasteiger partial charge in [0.15, 0.2) is 0 Å². The average molecular weight is 304 g/mol. The molecule has 2 heterocycles. The van der Waals surface area contributed by atoms with E-state index in [9.17, 15) is 14.0 Å². The quantitative estimate of drug-likeness (QED) is 0.841. The first-order chi connectivity index (χ1) is 10.6. The lowest BCUT2D eigenvalue weighted by atomic mass is 9.96. The molecule has 22 heavy (non-hydrogen) atoms. The minimum absolute atomic E-state index is 0.107. The summed E-state index contributed by atoms with van der Waals surface area (Å²) < 4.78 is 13.3. The van der Waals surface area contributed by atoms with Gasteiger partial charge >= 0.3 is 0 Å². The maximum absolute atomic E-state index is 13.3. The number of halogens is 1. The molecule has 0 unspecified atom stereocenters. The summed E-state index contributed by atoms with van der Waals surface area (Å²) in [7, 11) is 0. The molecule has 4 nitrogen and oxygen atoms in total. The van der Waals surface area contributed by atoms with Crippen molar-refractivity contribution in [1.82, 2.24) is 9.80 Å². The molecular formula is C17H21FN2O2. The zero-order valence-corrected chi connectivity index (χ0v) is 12.6. The van der Waals surface area contributed by atoms with Gasteiger partial charge in [-0.2, -0.15) is 0 Å². The molecule has 1 aromatic rings. The van der Waals surface area contributed by atoms with Crippen LogP contribution in [0, 0.1) is 11.7 Å². The molecule has 2 saturated heterocycles. The Balaban J connectivity index is 1.67. The highest BCUT2D eigenvalue weighted by Gasteiger charge is 2.32. The predicted molar refractivity (Wildman–Crippen MR) is 80.8 cm³/mol. The van der Waals surface area contributed by atoms with Crippen LogP contribution in [0.4, 0.5) is 4.39 Å². The van der Waals surface area contributed by atoms with Crippen molar-refractivity contribution in [2.75, 3.05) is 26.2 Å². The van der Waals surface area contributed by atoms with Crippen LogP contribution in [0.25, 0.3) is 0 Å². The number of hydrogen-bond acceptors (Lipinski definition) is 2. The fourth-order valence-electron chi connectivity index (χ4n) is 3.36. The fourth-order valence-corrected chi connectivity index (χ4v) is 3.36. The van der Waals surface area contributed by atoms with Crippen LogP contribution in [0.5, 0.6) is 0 Å². The summed E-state index contributed by atoms with van der Waals surface area (Å²) in [5.74, 6) is -0.524. The summed E-state index contributed by atoms with van der Waals surface area (Å²) in [6, 6.07) is 5.75. The molecule has 2 aliphatic heterocycles. The van der Waals surface area contributed by atoms with Crippen LogP contribution in [-0.2, 0) is 4.79 Å². The van der Waals surface area contributed by atoms with Gasteiger partial charge in [-0.1, -0.05) is 6.07 Å². The van der Waals surface area contributed by atoms with Crippen molar-refractivity contribution in [2.24, 2.45) is 5.92 Å². The second-order valence-electron chi connectivity index (χ2n) is 6.13. The maximum Gasteiger partial charge on any atom is 0.253 e. The predicted octanol–water partition coefficient (Wildman–Crippen LogP) is 2.30. The number of hydrogen-bond donors (Lipinski definition) is 0. The van der Waals surface area contributed by atoms with Crippen molar-refractivity contribution in [3.63, 3.8) is 0 Å². The van der Waals surface area contributed by atoms with E-state index in [0.29, 0.717) is 18.7 Å². The van der Waals surface area contributed by atoms with Crippen molar-refractivity contribution in [3.8, 4) is 0 Å². The Morgan fingerprint density at radius 2 is 1.77 bits per heavy atom. The molecule has 5 heteroatoms. The number of amides is 2. The minimum Gasteiger partial charge on any atom is -0.342 e. The Morgan fingerprint density at radius 1 is 1.05 bits per heavy atom. The normalized spacial score (nSPS) is 22.0. The van der Waals surface area contributed by atoms with Crippen molar-refractivity contribution >= 4 is 11.8 Å². The van der Waals surface area contributed by atoms with Crippen LogP contribution in [0.3, 0.4) is 0 Å². The SMILES string of the molecule is O=C(c1cccc(F)c1)N1CCC[C@H](C(=O)N2CCCC2)C1. The minimum atomic E-state index is -0.410. The monoisotopic (exact) mass is 304 g/mol. The van der Waals surface area contributed by atoms with Crippen molar-refractivity contribution in [2.45, 2.75) is 25.7 Å². The third kappa shape index (κ3) is 3.13. The first kappa shape index (κ1) is 15.0. The van der Waals surface area contributed by atoms with Crippen LogP contribution in [0.2, 0.25) is 0 Å². The van der Waals surface area contributed by atoms with Gasteiger partial charge in [0, 0.05) is 31.7 Å². The number of carbonyl (C=O) groups is 2. The first-order valence-corrected chi connectivity index (χ1v) is 7.99. The first-order valence-electron chi connectivity index (χ1n) is 7.99. The zero-order chi connectivity index (χ0) is 15.5. The van der Waals surface area contributed by atoms with Crippen LogP contribution in [-0.4, -0.2) is 47.8 Å². The molecule has 0 saturated carbocycles. The molecule has 1 atom stereocenters. The van der Waals surface area contributed by atoms with Gasteiger partial charge in [-0.25, -0.2) is 4.39 Å². The molecule has 0 spiro atoms. The molecule has 0 aliphatic carbocycles. The van der Waals surface area contributed by atoms with Gasteiger partial charge in [0.25, 0.3) is 5.91 Å². The van der Waals surface area contributed by atoms with Crippen molar-refractivity contribution in [3.05, 3.63) is 35.6 Å². The Kier molecular flexibility index (Phi) is 4.41. The fraction of sp³-hybridized carbons (Fsp3) is 0.529. The standard InChI is InChI=1S/C17H21FN2O2/c18-15-7-3-5-13(11-15)16(21)20-10-4-6-14(12-20)17(22)19-8-1-2-9-19/h3,5,7,11,14H,1-2,4,6,8-10,12H2/t14-/m0/s1. The molecule has 3 rings (SSSR count). The molecule has 0 aromatic heterocycles. The van der Waals surface area contributed by atoms with E-state index in [1.165, 1.54) is 12.1 Å². The maximum atomic E-state index is 13.3. The number of likely N-dealkylation sites (tertiary alicyclic amines) is 2. The molecule has 2 aliphatic rings.